The zero-order chi connectivity index (χ0) is 17.6. The first-order valence-electron chi connectivity index (χ1n) is 8.71. The van der Waals surface area contributed by atoms with Crippen LogP contribution in [0, 0.1) is 11.8 Å². The van der Waals surface area contributed by atoms with Crippen LogP contribution < -0.4 is 4.74 Å². The minimum atomic E-state index is -0.0983. The summed E-state index contributed by atoms with van der Waals surface area (Å²) in [5.41, 5.74) is 2.25. The molecule has 1 saturated heterocycles. The number of rotatable bonds is 6. The number of carbonyl (C=O) groups excluding carboxylic acids is 1. The molecule has 0 unspecified atom stereocenters. The lowest BCUT2D eigenvalue weighted by atomic mass is 9.99. The van der Waals surface area contributed by atoms with Gasteiger partial charge in [-0.2, -0.15) is 0 Å². The van der Waals surface area contributed by atoms with Crippen LogP contribution in [0.3, 0.4) is 0 Å². The average molecular weight is 339 g/mol. The lowest BCUT2D eigenvalue weighted by molar-refractivity contribution is -0.150. The molecular weight excluding hydrogens is 314 g/mol. The third-order valence-corrected chi connectivity index (χ3v) is 4.78. The Labute approximate surface area is 149 Å². The first-order valence-corrected chi connectivity index (χ1v) is 8.71. The van der Waals surface area contributed by atoms with Crippen LogP contribution in [-0.2, 0) is 22.7 Å². The lowest BCUT2D eigenvalue weighted by Crippen LogP contribution is -2.25. The number of hydrogen-bond acceptors (Lipinski definition) is 4. The summed E-state index contributed by atoms with van der Waals surface area (Å²) in [5, 5.41) is 0. The first-order chi connectivity index (χ1) is 12.2. The van der Waals surface area contributed by atoms with Gasteiger partial charge >= 0.3 is 5.97 Å². The summed E-state index contributed by atoms with van der Waals surface area (Å²) in [6.45, 7) is 5.01. The van der Waals surface area contributed by atoms with Crippen molar-refractivity contribution in [1.82, 2.24) is 4.90 Å². The van der Waals surface area contributed by atoms with Crippen LogP contribution in [0.1, 0.15) is 18.1 Å². The van der Waals surface area contributed by atoms with Crippen LogP contribution in [0.5, 0.6) is 5.75 Å². The molecule has 0 radical (unpaired) electrons. The molecule has 2 atom stereocenters. The smallest absolute Gasteiger partial charge is 0.310 e. The fourth-order valence-electron chi connectivity index (χ4n) is 3.33. The lowest BCUT2D eigenvalue weighted by Gasteiger charge is -2.15. The normalized spacial score (nSPS) is 20.4. The van der Waals surface area contributed by atoms with E-state index in [2.05, 4.69) is 36.1 Å². The van der Waals surface area contributed by atoms with Crippen LogP contribution >= 0.6 is 0 Å². The second kappa shape index (κ2) is 8.17. The number of benzene rings is 2. The Morgan fingerprint density at radius 1 is 1.04 bits per heavy atom. The second-order valence-electron chi connectivity index (χ2n) is 6.72. The van der Waals surface area contributed by atoms with Crippen molar-refractivity contribution in [3.05, 3.63) is 65.7 Å². The fraction of sp³-hybridized carbons (Fsp3) is 0.381. The van der Waals surface area contributed by atoms with Gasteiger partial charge in [-0.05, 0) is 29.2 Å². The first kappa shape index (κ1) is 17.5. The van der Waals surface area contributed by atoms with Gasteiger partial charge in [0, 0.05) is 19.6 Å². The van der Waals surface area contributed by atoms with Crippen LogP contribution in [0.25, 0.3) is 0 Å². The third-order valence-electron chi connectivity index (χ3n) is 4.78. The molecule has 0 spiro atoms. The van der Waals surface area contributed by atoms with Crippen molar-refractivity contribution in [1.29, 1.82) is 0 Å². The molecule has 1 aliphatic rings. The molecule has 0 aliphatic carbocycles. The van der Waals surface area contributed by atoms with Gasteiger partial charge in [0.2, 0.25) is 0 Å². The highest BCUT2D eigenvalue weighted by Crippen LogP contribution is 2.26. The Hall–Kier alpha value is -2.33. The molecule has 4 heteroatoms. The molecular formula is C21H25NO3. The molecule has 0 saturated carbocycles. The molecule has 1 heterocycles. The van der Waals surface area contributed by atoms with E-state index in [9.17, 15) is 4.79 Å². The zero-order valence-electron chi connectivity index (χ0n) is 14.9. The molecule has 1 aliphatic heterocycles. The molecule has 25 heavy (non-hydrogen) atoms. The molecule has 0 aromatic heterocycles. The van der Waals surface area contributed by atoms with Crippen molar-refractivity contribution < 1.29 is 14.3 Å². The summed E-state index contributed by atoms with van der Waals surface area (Å²) >= 11 is 0. The van der Waals surface area contributed by atoms with Gasteiger partial charge in [-0.3, -0.25) is 9.69 Å². The van der Waals surface area contributed by atoms with Gasteiger partial charge in [-0.15, -0.1) is 0 Å². The highest BCUT2D eigenvalue weighted by Gasteiger charge is 2.35. The maximum atomic E-state index is 12.5. The topological polar surface area (TPSA) is 38.8 Å². The molecule has 1 fully saturated rings. The molecule has 3 rings (SSSR count). The summed E-state index contributed by atoms with van der Waals surface area (Å²) in [7, 11) is 1.64. The van der Waals surface area contributed by atoms with Gasteiger partial charge in [0.05, 0.1) is 13.0 Å². The zero-order valence-corrected chi connectivity index (χ0v) is 14.9. The molecule has 4 nitrogen and oxygen atoms in total. The number of carbonyl (C=O) groups is 1. The maximum absolute atomic E-state index is 12.5. The van der Waals surface area contributed by atoms with Crippen molar-refractivity contribution in [2.75, 3.05) is 20.2 Å². The Bertz CT molecular complexity index is 684. The predicted octanol–water partition coefficient (Wildman–Crippen LogP) is 3.51. The van der Waals surface area contributed by atoms with Crippen molar-refractivity contribution >= 4 is 5.97 Å². The van der Waals surface area contributed by atoms with Gasteiger partial charge in [-0.1, -0.05) is 49.4 Å². The largest absolute Gasteiger partial charge is 0.497 e. The third kappa shape index (κ3) is 4.60. The van der Waals surface area contributed by atoms with E-state index in [0.29, 0.717) is 12.5 Å². The van der Waals surface area contributed by atoms with E-state index in [1.54, 1.807) is 7.11 Å². The number of nitrogens with zero attached hydrogens (tertiary/aromatic N) is 1. The van der Waals surface area contributed by atoms with Crippen LogP contribution in [0.15, 0.2) is 54.6 Å². The number of ether oxygens (including phenoxy) is 2. The van der Waals surface area contributed by atoms with E-state index in [-0.39, 0.29) is 11.9 Å². The summed E-state index contributed by atoms with van der Waals surface area (Å²) in [5.74, 6) is 0.962. The van der Waals surface area contributed by atoms with Crippen LogP contribution in [0.2, 0.25) is 0 Å². The highest BCUT2D eigenvalue weighted by molar-refractivity contribution is 5.73. The molecule has 2 aromatic rings. The van der Waals surface area contributed by atoms with Crippen LogP contribution in [-0.4, -0.2) is 31.1 Å². The maximum Gasteiger partial charge on any atom is 0.310 e. The van der Waals surface area contributed by atoms with Gasteiger partial charge in [0.15, 0.2) is 0 Å². The predicted molar refractivity (Wildman–Crippen MR) is 97.2 cm³/mol. The molecule has 132 valence electrons. The Balaban J connectivity index is 1.51. The van der Waals surface area contributed by atoms with E-state index < -0.39 is 0 Å². The Morgan fingerprint density at radius 3 is 2.44 bits per heavy atom. The number of methoxy groups -OCH3 is 1. The number of likely N-dealkylation sites (tertiary alicyclic amines) is 1. The van der Waals surface area contributed by atoms with Crippen molar-refractivity contribution in [2.24, 2.45) is 11.8 Å². The van der Waals surface area contributed by atoms with E-state index in [1.807, 2.05) is 30.3 Å². The number of esters is 1. The van der Waals surface area contributed by atoms with Gasteiger partial charge in [0.25, 0.3) is 0 Å². The summed E-state index contributed by atoms with van der Waals surface area (Å²) in [6, 6.07) is 18.0. The second-order valence-corrected chi connectivity index (χ2v) is 6.72. The molecule has 0 N–H and O–H groups in total. The summed E-state index contributed by atoms with van der Waals surface area (Å²) in [6.07, 6.45) is 0. The van der Waals surface area contributed by atoms with Gasteiger partial charge < -0.3 is 9.47 Å². The highest BCUT2D eigenvalue weighted by atomic mass is 16.5. The number of hydrogen-bond donors (Lipinski definition) is 0. The van der Waals surface area contributed by atoms with Crippen molar-refractivity contribution in [2.45, 2.75) is 20.1 Å². The van der Waals surface area contributed by atoms with E-state index in [1.165, 1.54) is 5.56 Å². The van der Waals surface area contributed by atoms with E-state index >= 15 is 0 Å². The molecule has 0 bridgehead atoms. The van der Waals surface area contributed by atoms with Gasteiger partial charge in [0.1, 0.15) is 12.4 Å². The van der Waals surface area contributed by atoms with E-state index in [0.717, 1.165) is 30.9 Å². The monoisotopic (exact) mass is 339 g/mol. The fourth-order valence-corrected chi connectivity index (χ4v) is 3.33. The minimum absolute atomic E-state index is 0.0537. The average Bonchev–Trinajstić information content (AvgIpc) is 3.01. The Kier molecular flexibility index (Phi) is 5.71. The van der Waals surface area contributed by atoms with E-state index in [4.69, 9.17) is 9.47 Å². The Morgan fingerprint density at radius 2 is 1.76 bits per heavy atom. The SMILES string of the molecule is COc1ccc(COC(=O)[C@@H]2CN(Cc3ccccc3)C[C@@H]2C)cc1. The minimum Gasteiger partial charge on any atom is -0.497 e. The van der Waals surface area contributed by atoms with Gasteiger partial charge in [-0.25, -0.2) is 0 Å². The van der Waals surface area contributed by atoms with Crippen molar-refractivity contribution in [3.63, 3.8) is 0 Å². The molecule has 0 amide bonds. The quantitative estimate of drug-likeness (QED) is 0.755. The summed E-state index contributed by atoms with van der Waals surface area (Å²) in [4.78, 5) is 14.8. The summed E-state index contributed by atoms with van der Waals surface area (Å²) < 4.78 is 10.7. The van der Waals surface area contributed by atoms with Crippen LogP contribution in [0.4, 0.5) is 0 Å². The molecule has 2 aromatic carbocycles. The van der Waals surface area contributed by atoms with Crippen molar-refractivity contribution in [3.8, 4) is 5.75 Å². The standard InChI is InChI=1S/C21H25NO3/c1-16-12-22(13-17-6-4-3-5-7-17)14-20(16)21(23)25-15-18-8-10-19(24-2)11-9-18/h3-11,16,20H,12-15H2,1-2H3/t16-,20+/m0/s1.